The topological polar surface area (TPSA) is 30.5 Å². The molecule has 4 heteroatoms. The number of rotatable bonds is 5. The molecule has 1 aromatic carbocycles. The van der Waals surface area contributed by atoms with Crippen LogP contribution in [0.1, 0.15) is 31.4 Å². The molecule has 1 N–H and O–H groups in total. The Kier molecular flexibility index (Phi) is 4.72. The molecule has 0 aliphatic carbocycles. The van der Waals surface area contributed by atoms with Crippen molar-refractivity contribution in [2.24, 2.45) is 5.92 Å². The summed E-state index contributed by atoms with van der Waals surface area (Å²) in [5, 5.41) is 4.45. The predicted molar refractivity (Wildman–Crippen MR) is 85.3 cm³/mol. The van der Waals surface area contributed by atoms with Gasteiger partial charge in [-0.25, -0.2) is 0 Å². The predicted octanol–water partition coefficient (Wildman–Crippen LogP) is 3.22. The van der Waals surface area contributed by atoms with Crippen molar-refractivity contribution in [2.75, 3.05) is 19.8 Å². The number of nitrogens with one attached hydrogen (secondary N) is 1. The molecule has 0 spiro atoms. The highest BCUT2D eigenvalue weighted by Crippen LogP contribution is 2.35. The van der Waals surface area contributed by atoms with Crippen LogP contribution in [0.3, 0.4) is 0 Å². The van der Waals surface area contributed by atoms with Gasteiger partial charge in [-0.3, -0.25) is 0 Å². The molecule has 0 radical (unpaired) electrons. The minimum absolute atomic E-state index is 0.373. The fraction of sp³-hybridized carbons (Fsp3) is 0.647. The molecule has 1 aromatic rings. The summed E-state index contributed by atoms with van der Waals surface area (Å²) >= 11 is 6.27. The molecule has 3 atom stereocenters. The summed E-state index contributed by atoms with van der Waals surface area (Å²) < 4.78 is 11.6. The second kappa shape index (κ2) is 6.55. The molecule has 2 heterocycles. The molecule has 116 valence electrons. The van der Waals surface area contributed by atoms with Crippen molar-refractivity contribution in [2.45, 2.75) is 45.3 Å². The fourth-order valence-corrected chi connectivity index (χ4v) is 3.80. The van der Waals surface area contributed by atoms with Crippen LogP contribution in [0.15, 0.2) is 12.1 Å². The molecule has 0 amide bonds. The van der Waals surface area contributed by atoms with Crippen LogP contribution in [0, 0.1) is 5.92 Å². The van der Waals surface area contributed by atoms with E-state index in [-0.39, 0.29) is 0 Å². The van der Waals surface area contributed by atoms with Crippen molar-refractivity contribution in [3.8, 4) is 5.75 Å². The maximum absolute atomic E-state index is 6.27. The Bertz CT molecular complexity index is 506. The fourth-order valence-electron chi connectivity index (χ4n) is 3.53. The molecule has 1 saturated heterocycles. The highest BCUT2D eigenvalue weighted by atomic mass is 35.5. The standard InChI is InChI=1S/C17H24ClNO2/c1-3-19-16(14-6-11(2)21-10-14)9-13-8-15(18)7-12-4-5-20-17(12)13/h7-8,11,14,16,19H,3-6,9-10H2,1-2H3. The molecule has 3 unspecified atom stereocenters. The first-order valence-corrected chi connectivity index (χ1v) is 8.34. The highest BCUT2D eigenvalue weighted by Gasteiger charge is 2.30. The molecular formula is C17H24ClNO2. The Hall–Kier alpha value is -0.770. The minimum atomic E-state index is 0.373. The summed E-state index contributed by atoms with van der Waals surface area (Å²) in [6.45, 7) is 6.91. The average Bonchev–Trinajstić information content (AvgIpc) is 3.06. The Morgan fingerprint density at radius 2 is 2.29 bits per heavy atom. The molecular weight excluding hydrogens is 286 g/mol. The van der Waals surface area contributed by atoms with Crippen molar-refractivity contribution < 1.29 is 9.47 Å². The first kappa shape index (κ1) is 15.1. The maximum atomic E-state index is 6.27. The van der Waals surface area contributed by atoms with E-state index in [1.165, 1.54) is 11.1 Å². The lowest BCUT2D eigenvalue weighted by Gasteiger charge is -2.24. The van der Waals surface area contributed by atoms with Crippen LogP contribution in [0.5, 0.6) is 5.75 Å². The van der Waals surface area contributed by atoms with Crippen molar-refractivity contribution in [3.05, 3.63) is 28.3 Å². The van der Waals surface area contributed by atoms with Gasteiger partial charge in [-0.15, -0.1) is 0 Å². The first-order chi connectivity index (χ1) is 10.2. The number of likely N-dealkylation sites (N-methyl/N-ethyl adjacent to an activating group) is 1. The van der Waals surface area contributed by atoms with Crippen LogP contribution < -0.4 is 10.1 Å². The van der Waals surface area contributed by atoms with E-state index in [0.717, 1.165) is 49.8 Å². The number of benzene rings is 1. The van der Waals surface area contributed by atoms with E-state index in [9.17, 15) is 0 Å². The average molecular weight is 310 g/mol. The zero-order valence-electron chi connectivity index (χ0n) is 12.8. The number of hydrogen-bond donors (Lipinski definition) is 1. The van der Waals surface area contributed by atoms with Crippen LogP contribution in [0.4, 0.5) is 0 Å². The molecule has 0 bridgehead atoms. The molecule has 1 fully saturated rings. The van der Waals surface area contributed by atoms with Crippen LogP contribution in [0.25, 0.3) is 0 Å². The lowest BCUT2D eigenvalue weighted by Crippen LogP contribution is -2.38. The van der Waals surface area contributed by atoms with E-state index in [1.54, 1.807) is 0 Å². The Balaban J connectivity index is 1.80. The van der Waals surface area contributed by atoms with E-state index in [4.69, 9.17) is 21.1 Å². The van der Waals surface area contributed by atoms with Gasteiger partial charge in [0.1, 0.15) is 5.75 Å². The molecule has 0 aromatic heterocycles. The van der Waals surface area contributed by atoms with Gasteiger partial charge in [-0.2, -0.15) is 0 Å². The molecule has 2 aliphatic heterocycles. The second-order valence-corrected chi connectivity index (χ2v) is 6.60. The van der Waals surface area contributed by atoms with Gasteiger partial charge in [0, 0.05) is 23.4 Å². The third kappa shape index (κ3) is 3.36. The quantitative estimate of drug-likeness (QED) is 0.906. The van der Waals surface area contributed by atoms with Gasteiger partial charge >= 0.3 is 0 Å². The smallest absolute Gasteiger partial charge is 0.125 e. The van der Waals surface area contributed by atoms with Crippen molar-refractivity contribution >= 4 is 11.6 Å². The largest absolute Gasteiger partial charge is 0.493 e. The van der Waals surface area contributed by atoms with E-state index in [0.29, 0.717) is 18.1 Å². The molecule has 21 heavy (non-hydrogen) atoms. The molecule has 2 aliphatic rings. The zero-order chi connectivity index (χ0) is 14.8. The molecule has 3 nitrogen and oxygen atoms in total. The minimum Gasteiger partial charge on any atom is -0.493 e. The van der Waals surface area contributed by atoms with Gasteiger partial charge in [-0.05, 0) is 49.6 Å². The highest BCUT2D eigenvalue weighted by molar-refractivity contribution is 6.30. The lowest BCUT2D eigenvalue weighted by molar-refractivity contribution is 0.117. The number of ether oxygens (including phenoxy) is 2. The Labute approximate surface area is 132 Å². The van der Waals surface area contributed by atoms with Crippen LogP contribution in [-0.2, 0) is 17.6 Å². The van der Waals surface area contributed by atoms with Crippen molar-refractivity contribution in [3.63, 3.8) is 0 Å². The van der Waals surface area contributed by atoms with Gasteiger partial charge in [0.15, 0.2) is 0 Å². The van der Waals surface area contributed by atoms with Gasteiger partial charge < -0.3 is 14.8 Å². The number of fused-ring (bicyclic) bond motifs is 1. The van der Waals surface area contributed by atoms with Crippen LogP contribution in [0.2, 0.25) is 5.02 Å². The maximum Gasteiger partial charge on any atom is 0.125 e. The summed E-state index contributed by atoms with van der Waals surface area (Å²) in [6.07, 6.45) is 3.43. The van der Waals surface area contributed by atoms with Gasteiger partial charge in [-0.1, -0.05) is 18.5 Å². The SMILES string of the molecule is CCNC(Cc1cc(Cl)cc2c1OCC2)C1COC(C)C1. The summed E-state index contributed by atoms with van der Waals surface area (Å²) in [5.41, 5.74) is 2.49. The molecule has 0 saturated carbocycles. The second-order valence-electron chi connectivity index (χ2n) is 6.16. The van der Waals surface area contributed by atoms with E-state index in [2.05, 4.69) is 25.2 Å². The summed E-state index contributed by atoms with van der Waals surface area (Å²) in [4.78, 5) is 0. The van der Waals surface area contributed by atoms with Gasteiger partial charge in [0.2, 0.25) is 0 Å². The number of halogens is 1. The van der Waals surface area contributed by atoms with Crippen LogP contribution >= 0.6 is 11.6 Å². The monoisotopic (exact) mass is 309 g/mol. The normalized spacial score (nSPS) is 25.7. The summed E-state index contributed by atoms with van der Waals surface area (Å²) in [7, 11) is 0. The van der Waals surface area contributed by atoms with E-state index in [1.807, 2.05) is 6.07 Å². The molecule has 3 rings (SSSR count). The zero-order valence-corrected chi connectivity index (χ0v) is 13.6. The van der Waals surface area contributed by atoms with Crippen molar-refractivity contribution in [1.82, 2.24) is 5.32 Å². The Morgan fingerprint density at radius 1 is 1.43 bits per heavy atom. The number of hydrogen-bond acceptors (Lipinski definition) is 3. The van der Waals surface area contributed by atoms with E-state index < -0.39 is 0 Å². The van der Waals surface area contributed by atoms with Gasteiger partial charge in [0.05, 0.1) is 19.3 Å². The summed E-state index contributed by atoms with van der Waals surface area (Å²) in [6, 6.07) is 4.53. The third-order valence-corrected chi connectivity index (χ3v) is 4.75. The lowest BCUT2D eigenvalue weighted by atomic mass is 9.90. The van der Waals surface area contributed by atoms with E-state index >= 15 is 0 Å². The van der Waals surface area contributed by atoms with Gasteiger partial charge in [0.25, 0.3) is 0 Å². The van der Waals surface area contributed by atoms with Crippen molar-refractivity contribution in [1.29, 1.82) is 0 Å². The first-order valence-electron chi connectivity index (χ1n) is 7.96. The Morgan fingerprint density at radius 3 is 3.00 bits per heavy atom. The van der Waals surface area contributed by atoms with Crippen LogP contribution in [-0.4, -0.2) is 31.9 Å². The summed E-state index contributed by atoms with van der Waals surface area (Å²) in [5.74, 6) is 1.63. The third-order valence-electron chi connectivity index (χ3n) is 4.53.